The molecule has 1 aliphatic rings. The van der Waals surface area contributed by atoms with E-state index in [1.807, 2.05) is 24.3 Å². The number of methoxy groups -OCH3 is 2. The van der Waals surface area contributed by atoms with Gasteiger partial charge in [-0.3, -0.25) is 4.79 Å². The van der Waals surface area contributed by atoms with E-state index in [2.05, 4.69) is 0 Å². The Morgan fingerprint density at radius 3 is 2.57 bits per heavy atom. The van der Waals surface area contributed by atoms with Gasteiger partial charge in [-0.1, -0.05) is 6.42 Å². The molecule has 1 aromatic rings. The summed E-state index contributed by atoms with van der Waals surface area (Å²) in [6.45, 7) is 0.535. The monoisotopic (exact) mass is 293 g/mol. The summed E-state index contributed by atoms with van der Waals surface area (Å²) in [6, 6.07) is 7.44. The number of hydrogen-bond donors (Lipinski definition) is 1. The predicted molar refractivity (Wildman–Crippen MR) is 79.4 cm³/mol. The summed E-state index contributed by atoms with van der Waals surface area (Å²) in [5.41, 5.74) is 5.38. The molecule has 5 nitrogen and oxygen atoms in total. The Kier molecular flexibility index (Phi) is 5.07. The zero-order chi connectivity index (χ0) is 15.3. The molecule has 2 atom stereocenters. The minimum Gasteiger partial charge on any atom is -0.497 e. The Morgan fingerprint density at radius 1 is 1.29 bits per heavy atom. The van der Waals surface area contributed by atoms with Crippen molar-refractivity contribution in [1.29, 1.82) is 0 Å². The standard InChI is InChI=1S/C16H23NO4/c1-19-13-5-7-14(8-6-13)21-11-9-12-4-3-10-16(12,17)15(18)20-2/h5-8,12H,3-4,9-11,17H2,1-2H3. The average Bonchev–Trinajstić information content (AvgIpc) is 2.89. The van der Waals surface area contributed by atoms with Crippen molar-refractivity contribution in [3.63, 3.8) is 0 Å². The molecule has 21 heavy (non-hydrogen) atoms. The second-order valence-electron chi connectivity index (χ2n) is 5.43. The lowest BCUT2D eigenvalue weighted by Gasteiger charge is -2.28. The van der Waals surface area contributed by atoms with Gasteiger partial charge in [-0.25, -0.2) is 0 Å². The summed E-state index contributed by atoms with van der Waals surface area (Å²) in [5, 5.41) is 0. The first-order valence-electron chi connectivity index (χ1n) is 7.24. The van der Waals surface area contributed by atoms with E-state index in [1.54, 1.807) is 7.11 Å². The maximum atomic E-state index is 11.8. The van der Waals surface area contributed by atoms with Gasteiger partial charge < -0.3 is 19.9 Å². The molecule has 0 saturated heterocycles. The molecule has 2 rings (SSSR count). The van der Waals surface area contributed by atoms with Gasteiger partial charge in [0.1, 0.15) is 17.0 Å². The van der Waals surface area contributed by atoms with E-state index < -0.39 is 5.54 Å². The van der Waals surface area contributed by atoms with E-state index in [0.717, 1.165) is 30.8 Å². The van der Waals surface area contributed by atoms with Crippen LogP contribution in [-0.4, -0.2) is 32.3 Å². The van der Waals surface area contributed by atoms with Crippen LogP contribution in [0.1, 0.15) is 25.7 Å². The summed E-state index contributed by atoms with van der Waals surface area (Å²) in [6.07, 6.45) is 3.33. The molecule has 2 unspecified atom stereocenters. The molecule has 0 aliphatic heterocycles. The van der Waals surface area contributed by atoms with Crippen molar-refractivity contribution < 1.29 is 19.0 Å². The number of hydrogen-bond acceptors (Lipinski definition) is 5. The molecule has 0 radical (unpaired) electrons. The highest BCUT2D eigenvalue weighted by Gasteiger charge is 2.46. The van der Waals surface area contributed by atoms with Crippen molar-refractivity contribution in [3.8, 4) is 11.5 Å². The first kappa shape index (κ1) is 15.6. The van der Waals surface area contributed by atoms with Crippen LogP contribution in [0, 0.1) is 5.92 Å². The third-order valence-corrected chi connectivity index (χ3v) is 4.23. The van der Waals surface area contributed by atoms with Gasteiger partial charge in [0.25, 0.3) is 0 Å². The van der Waals surface area contributed by atoms with Crippen LogP contribution in [-0.2, 0) is 9.53 Å². The van der Waals surface area contributed by atoms with Gasteiger partial charge in [-0.05, 0) is 49.4 Å². The lowest BCUT2D eigenvalue weighted by molar-refractivity contribution is -0.148. The third kappa shape index (κ3) is 3.47. The minimum absolute atomic E-state index is 0.114. The second kappa shape index (κ2) is 6.80. The molecule has 1 fully saturated rings. The second-order valence-corrected chi connectivity index (χ2v) is 5.43. The number of benzene rings is 1. The molecular formula is C16H23NO4. The molecule has 1 aromatic carbocycles. The zero-order valence-corrected chi connectivity index (χ0v) is 12.6. The lowest BCUT2D eigenvalue weighted by Crippen LogP contribution is -2.52. The Hall–Kier alpha value is -1.75. The number of carbonyl (C=O) groups excluding carboxylic acids is 1. The third-order valence-electron chi connectivity index (χ3n) is 4.23. The van der Waals surface area contributed by atoms with Crippen LogP contribution in [0.25, 0.3) is 0 Å². The quantitative estimate of drug-likeness (QED) is 0.814. The minimum atomic E-state index is -0.849. The molecule has 1 aliphatic carbocycles. The fourth-order valence-electron chi connectivity index (χ4n) is 2.95. The molecule has 0 spiro atoms. The fraction of sp³-hybridized carbons (Fsp3) is 0.562. The number of ether oxygens (including phenoxy) is 3. The van der Waals surface area contributed by atoms with Crippen LogP contribution >= 0.6 is 0 Å². The van der Waals surface area contributed by atoms with Crippen LogP contribution in [0.2, 0.25) is 0 Å². The summed E-state index contributed by atoms with van der Waals surface area (Å²) in [7, 11) is 3.02. The van der Waals surface area contributed by atoms with E-state index >= 15 is 0 Å². The topological polar surface area (TPSA) is 70.8 Å². The number of esters is 1. The van der Waals surface area contributed by atoms with Crippen molar-refractivity contribution in [3.05, 3.63) is 24.3 Å². The van der Waals surface area contributed by atoms with Gasteiger partial charge in [-0.2, -0.15) is 0 Å². The predicted octanol–water partition coefficient (Wildman–Crippen LogP) is 2.13. The molecule has 0 amide bonds. The van der Waals surface area contributed by atoms with Crippen LogP contribution < -0.4 is 15.2 Å². The first-order valence-corrected chi connectivity index (χ1v) is 7.24. The Balaban J connectivity index is 1.86. The van der Waals surface area contributed by atoms with Crippen molar-refractivity contribution in [2.75, 3.05) is 20.8 Å². The maximum Gasteiger partial charge on any atom is 0.326 e. The molecule has 116 valence electrons. The van der Waals surface area contributed by atoms with Crippen molar-refractivity contribution in [2.45, 2.75) is 31.2 Å². The Labute approximate surface area is 125 Å². The zero-order valence-electron chi connectivity index (χ0n) is 12.6. The van der Waals surface area contributed by atoms with Gasteiger partial charge in [0.2, 0.25) is 0 Å². The van der Waals surface area contributed by atoms with E-state index in [4.69, 9.17) is 19.9 Å². The molecule has 5 heteroatoms. The smallest absolute Gasteiger partial charge is 0.326 e. The van der Waals surface area contributed by atoms with Crippen molar-refractivity contribution >= 4 is 5.97 Å². The van der Waals surface area contributed by atoms with Gasteiger partial charge in [0, 0.05) is 0 Å². The molecule has 0 aromatic heterocycles. The van der Waals surface area contributed by atoms with E-state index in [9.17, 15) is 4.79 Å². The molecule has 0 bridgehead atoms. The SMILES string of the molecule is COC(=O)C1(N)CCCC1CCOc1ccc(OC)cc1. The highest BCUT2D eigenvalue weighted by Crippen LogP contribution is 2.37. The first-order chi connectivity index (χ1) is 10.1. The Morgan fingerprint density at radius 2 is 1.95 bits per heavy atom. The van der Waals surface area contributed by atoms with Crippen LogP contribution in [0.3, 0.4) is 0 Å². The van der Waals surface area contributed by atoms with E-state index in [-0.39, 0.29) is 11.9 Å². The summed E-state index contributed by atoms with van der Waals surface area (Å²) < 4.78 is 15.6. The molecular weight excluding hydrogens is 270 g/mol. The fourth-order valence-corrected chi connectivity index (χ4v) is 2.95. The van der Waals surface area contributed by atoms with Crippen molar-refractivity contribution in [2.24, 2.45) is 11.7 Å². The molecule has 0 heterocycles. The summed E-state index contributed by atoms with van der Waals surface area (Å²) in [5.74, 6) is 1.39. The number of carbonyl (C=O) groups is 1. The van der Waals surface area contributed by atoms with E-state index in [0.29, 0.717) is 13.0 Å². The Bertz CT molecular complexity index is 474. The van der Waals surface area contributed by atoms with Crippen LogP contribution in [0.15, 0.2) is 24.3 Å². The van der Waals surface area contributed by atoms with E-state index in [1.165, 1.54) is 7.11 Å². The normalized spacial score (nSPS) is 24.6. The average molecular weight is 293 g/mol. The highest BCUT2D eigenvalue weighted by atomic mass is 16.5. The van der Waals surface area contributed by atoms with Crippen molar-refractivity contribution in [1.82, 2.24) is 0 Å². The van der Waals surface area contributed by atoms with Gasteiger partial charge >= 0.3 is 5.97 Å². The molecule has 2 N–H and O–H groups in total. The number of rotatable bonds is 6. The van der Waals surface area contributed by atoms with Gasteiger partial charge in [-0.15, -0.1) is 0 Å². The van der Waals surface area contributed by atoms with Gasteiger partial charge in [0.05, 0.1) is 20.8 Å². The highest BCUT2D eigenvalue weighted by molar-refractivity contribution is 5.81. The molecule has 1 saturated carbocycles. The van der Waals surface area contributed by atoms with Gasteiger partial charge in [0.15, 0.2) is 0 Å². The number of nitrogens with two attached hydrogens (primary N) is 1. The summed E-state index contributed by atoms with van der Waals surface area (Å²) >= 11 is 0. The largest absolute Gasteiger partial charge is 0.497 e. The summed E-state index contributed by atoms with van der Waals surface area (Å²) in [4.78, 5) is 11.8. The maximum absolute atomic E-state index is 11.8. The van der Waals surface area contributed by atoms with Crippen LogP contribution in [0.4, 0.5) is 0 Å². The lowest BCUT2D eigenvalue weighted by atomic mass is 9.86. The van der Waals surface area contributed by atoms with Crippen LogP contribution in [0.5, 0.6) is 11.5 Å².